The number of amides is 1. The molecule has 2 aromatic heterocycles. The van der Waals surface area contributed by atoms with Crippen molar-refractivity contribution in [1.29, 1.82) is 5.26 Å². The first-order chi connectivity index (χ1) is 14.5. The molecule has 1 aromatic carbocycles. The maximum atomic E-state index is 14.6. The summed E-state index contributed by atoms with van der Waals surface area (Å²) in [6, 6.07) is 9.67. The van der Waals surface area contributed by atoms with Crippen LogP contribution in [-0.2, 0) is 6.54 Å². The Balaban J connectivity index is 1.66. The monoisotopic (exact) mass is 404 g/mol. The highest BCUT2D eigenvalue weighted by Gasteiger charge is 2.29. The number of nitrogens with zero attached hydrogens (tertiary/aromatic N) is 5. The first kappa shape index (κ1) is 18.3. The van der Waals surface area contributed by atoms with Crippen LogP contribution in [0.4, 0.5) is 10.2 Å². The molecule has 0 spiro atoms. The van der Waals surface area contributed by atoms with Gasteiger partial charge in [-0.05, 0) is 24.6 Å². The lowest BCUT2D eigenvalue weighted by Gasteiger charge is -2.14. The second-order valence-electron chi connectivity index (χ2n) is 7.31. The summed E-state index contributed by atoms with van der Waals surface area (Å²) in [5.74, 6) is -0.153. The lowest BCUT2D eigenvalue weighted by atomic mass is 10.0. The van der Waals surface area contributed by atoms with E-state index in [0.717, 1.165) is 0 Å². The fourth-order valence-corrected chi connectivity index (χ4v) is 3.96. The second-order valence-corrected chi connectivity index (χ2v) is 7.31. The summed E-state index contributed by atoms with van der Waals surface area (Å²) >= 11 is 0. The zero-order chi connectivity index (χ0) is 20.8. The van der Waals surface area contributed by atoms with E-state index in [1.165, 1.54) is 18.2 Å². The first-order valence-corrected chi connectivity index (χ1v) is 9.55. The highest BCUT2D eigenvalue weighted by molar-refractivity contribution is 6.01. The van der Waals surface area contributed by atoms with Crippen LogP contribution in [0.5, 0.6) is 0 Å². The number of nitriles is 1. The molecule has 0 radical (unpaired) electrons. The molecular weight excluding hydrogens is 387 g/mol. The standard InChI is InChI=1S/C21H17FN6O2/c22-14-3-1-2-12(9-23)19(14)15-8-17(20-16(25-15)10-24-21(20)30)28-7-5-18(26-28)27-6-4-13(29)11-27/h1-3,5,7-8,13,29H,4,6,10-11H2,(H,24,30)/t13-/m1/s1. The number of carbonyl (C=O) groups excluding carboxylic acids is 1. The quantitative estimate of drug-likeness (QED) is 0.689. The molecule has 2 aliphatic rings. The van der Waals surface area contributed by atoms with Crippen molar-refractivity contribution in [2.45, 2.75) is 19.1 Å². The fourth-order valence-electron chi connectivity index (χ4n) is 3.96. The van der Waals surface area contributed by atoms with E-state index in [0.29, 0.717) is 42.3 Å². The molecule has 2 aliphatic heterocycles. The predicted molar refractivity (Wildman–Crippen MR) is 105 cm³/mol. The normalized spacial score (nSPS) is 17.7. The topological polar surface area (TPSA) is 107 Å². The van der Waals surface area contributed by atoms with E-state index in [1.54, 1.807) is 23.0 Å². The van der Waals surface area contributed by atoms with Crippen molar-refractivity contribution in [2.24, 2.45) is 0 Å². The lowest BCUT2D eigenvalue weighted by molar-refractivity contribution is 0.0965. The molecule has 150 valence electrons. The van der Waals surface area contributed by atoms with Gasteiger partial charge >= 0.3 is 0 Å². The number of nitrogens with one attached hydrogen (secondary N) is 1. The minimum atomic E-state index is -0.558. The molecule has 2 N–H and O–H groups in total. The highest BCUT2D eigenvalue weighted by Crippen LogP contribution is 2.31. The maximum Gasteiger partial charge on any atom is 0.255 e. The van der Waals surface area contributed by atoms with E-state index in [-0.39, 0.29) is 35.4 Å². The number of aromatic nitrogens is 3. The molecule has 3 aromatic rings. The predicted octanol–water partition coefficient (Wildman–Crippen LogP) is 1.76. The second kappa shape index (κ2) is 6.93. The maximum absolute atomic E-state index is 14.6. The molecule has 5 rings (SSSR count). The van der Waals surface area contributed by atoms with Crippen LogP contribution in [0.1, 0.15) is 28.0 Å². The number of anilines is 1. The largest absolute Gasteiger partial charge is 0.391 e. The van der Waals surface area contributed by atoms with Gasteiger partial charge in [0.2, 0.25) is 0 Å². The van der Waals surface area contributed by atoms with E-state index < -0.39 is 5.82 Å². The zero-order valence-corrected chi connectivity index (χ0v) is 15.8. The Labute approximate surface area is 171 Å². The van der Waals surface area contributed by atoms with E-state index in [9.17, 15) is 19.6 Å². The molecule has 0 saturated carbocycles. The number of hydrogen-bond donors (Lipinski definition) is 2. The summed E-state index contributed by atoms with van der Waals surface area (Å²) in [5, 5.41) is 26.5. The van der Waals surface area contributed by atoms with Crippen molar-refractivity contribution < 1.29 is 14.3 Å². The fraction of sp³-hybridized carbons (Fsp3) is 0.238. The molecule has 1 amide bonds. The van der Waals surface area contributed by atoms with Gasteiger partial charge in [0.25, 0.3) is 5.91 Å². The molecule has 0 unspecified atom stereocenters. The number of rotatable bonds is 3. The number of hydrogen-bond acceptors (Lipinski definition) is 6. The molecule has 30 heavy (non-hydrogen) atoms. The van der Waals surface area contributed by atoms with Gasteiger partial charge in [-0.2, -0.15) is 10.4 Å². The average molecular weight is 404 g/mol. The van der Waals surface area contributed by atoms with E-state index in [2.05, 4.69) is 15.4 Å². The van der Waals surface area contributed by atoms with Crippen LogP contribution < -0.4 is 10.2 Å². The number of aliphatic hydroxyl groups excluding tert-OH is 1. The molecule has 4 heterocycles. The Kier molecular flexibility index (Phi) is 4.22. The van der Waals surface area contributed by atoms with Crippen LogP contribution in [0.15, 0.2) is 36.5 Å². The summed E-state index contributed by atoms with van der Waals surface area (Å²) in [6.45, 7) is 1.41. The number of pyridine rings is 1. The molecule has 1 atom stereocenters. The van der Waals surface area contributed by atoms with Crippen LogP contribution in [0.3, 0.4) is 0 Å². The van der Waals surface area contributed by atoms with E-state index >= 15 is 0 Å². The van der Waals surface area contributed by atoms with Gasteiger partial charge in [0.1, 0.15) is 5.82 Å². The SMILES string of the molecule is N#Cc1cccc(F)c1-c1cc(-n2ccc(N3CC[C@@H](O)C3)n2)c2c(n1)CNC2=O. The van der Waals surface area contributed by atoms with Gasteiger partial charge in [-0.3, -0.25) is 4.79 Å². The summed E-state index contributed by atoms with van der Waals surface area (Å²) in [6.07, 6.45) is 2.01. The zero-order valence-electron chi connectivity index (χ0n) is 15.8. The number of halogens is 1. The first-order valence-electron chi connectivity index (χ1n) is 9.55. The number of β-amino-alcohol motifs (C(OH)–C–C–N with tert-alkyl or cyclic N) is 1. The molecule has 0 bridgehead atoms. The third-order valence-corrected chi connectivity index (χ3v) is 5.42. The average Bonchev–Trinajstić information content (AvgIpc) is 3.47. The third kappa shape index (κ3) is 2.89. The van der Waals surface area contributed by atoms with E-state index in [1.807, 2.05) is 11.0 Å². The van der Waals surface area contributed by atoms with Crippen LogP contribution in [0, 0.1) is 17.1 Å². The molecule has 1 fully saturated rings. The van der Waals surface area contributed by atoms with Crippen molar-refractivity contribution in [3.05, 3.63) is 59.2 Å². The number of fused-ring (bicyclic) bond motifs is 1. The van der Waals surface area contributed by atoms with Crippen LogP contribution in [-0.4, -0.2) is 45.0 Å². The molecule has 9 heteroatoms. The lowest BCUT2D eigenvalue weighted by Crippen LogP contribution is -2.21. The Morgan fingerprint density at radius 1 is 1.30 bits per heavy atom. The number of aliphatic hydroxyl groups is 1. The Morgan fingerprint density at radius 2 is 2.17 bits per heavy atom. The van der Waals surface area contributed by atoms with Gasteiger partial charge in [-0.1, -0.05) is 6.07 Å². The Morgan fingerprint density at radius 3 is 2.93 bits per heavy atom. The smallest absolute Gasteiger partial charge is 0.255 e. The summed E-state index contributed by atoms with van der Waals surface area (Å²) in [5.41, 5.74) is 1.85. The molecular formula is C21H17FN6O2. The van der Waals surface area contributed by atoms with Crippen LogP contribution >= 0.6 is 0 Å². The van der Waals surface area contributed by atoms with Crippen molar-refractivity contribution in [1.82, 2.24) is 20.1 Å². The minimum absolute atomic E-state index is 0.0958. The number of benzene rings is 1. The van der Waals surface area contributed by atoms with Gasteiger partial charge in [0.15, 0.2) is 5.82 Å². The summed E-state index contributed by atoms with van der Waals surface area (Å²) in [7, 11) is 0. The third-order valence-electron chi connectivity index (χ3n) is 5.42. The van der Waals surface area contributed by atoms with Crippen LogP contribution in [0.2, 0.25) is 0 Å². The molecule has 1 saturated heterocycles. The highest BCUT2D eigenvalue weighted by atomic mass is 19.1. The van der Waals surface area contributed by atoms with Gasteiger partial charge < -0.3 is 15.3 Å². The van der Waals surface area contributed by atoms with Gasteiger partial charge in [-0.15, -0.1) is 0 Å². The Bertz CT molecular complexity index is 1210. The number of carbonyl (C=O) groups is 1. The van der Waals surface area contributed by atoms with Crippen molar-refractivity contribution >= 4 is 11.7 Å². The van der Waals surface area contributed by atoms with Crippen molar-refractivity contribution in [3.63, 3.8) is 0 Å². The van der Waals surface area contributed by atoms with Gasteiger partial charge in [0.05, 0.1) is 52.5 Å². The van der Waals surface area contributed by atoms with Gasteiger partial charge in [-0.25, -0.2) is 14.1 Å². The van der Waals surface area contributed by atoms with Crippen molar-refractivity contribution in [3.8, 4) is 23.0 Å². The van der Waals surface area contributed by atoms with Crippen LogP contribution in [0.25, 0.3) is 16.9 Å². The molecule has 8 nitrogen and oxygen atoms in total. The summed E-state index contributed by atoms with van der Waals surface area (Å²) < 4.78 is 16.2. The van der Waals surface area contributed by atoms with E-state index in [4.69, 9.17) is 0 Å². The van der Waals surface area contributed by atoms with Gasteiger partial charge in [0, 0.05) is 25.4 Å². The molecule has 0 aliphatic carbocycles. The summed E-state index contributed by atoms with van der Waals surface area (Å²) in [4.78, 5) is 18.9. The minimum Gasteiger partial charge on any atom is -0.391 e. The van der Waals surface area contributed by atoms with Crippen molar-refractivity contribution in [2.75, 3.05) is 18.0 Å². The Hall–Kier alpha value is -3.77.